The molecule has 2 amide bonds. The molecule has 0 unspecified atom stereocenters. The van der Waals surface area contributed by atoms with Crippen LogP contribution < -0.4 is 5.32 Å². The fourth-order valence-electron chi connectivity index (χ4n) is 4.23. The van der Waals surface area contributed by atoms with Gasteiger partial charge in [0, 0.05) is 31.1 Å². The Morgan fingerprint density at radius 1 is 1.00 bits per heavy atom. The second kappa shape index (κ2) is 12.0. The van der Waals surface area contributed by atoms with Gasteiger partial charge in [0.15, 0.2) is 0 Å². The van der Waals surface area contributed by atoms with E-state index in [0.29, 0.717) is 50.8 Å². The molecule has 1 aliphatic rings. The number of unbranched alkanes of at least 4 members (excludes halogenated alkanes) is 2. The molecule has 0 atom stereocenters. The minimum atomic E-state index is -0.0171. The summed E-state index contributed by atoms with van der Waals surface area (Å²) in [6.07, 6.45) is 3.88. The van der Waals surface area contributed by atoms with Crippen molar-refractivity contribution in [2.75, 3.05) is 32.8 Å². The zero-order valence-corrected chi connectivity index (χ0v) is 20.1. The SMILES string of the molecule is O=C(Cc1ccccc1Cl)NCCCCCc1nc2ccccc2n1CC(=O)N1CCOCC1. The Kier molecular flexibility index (Phi) is 8.55. The van der Waals surface area contributed by atoms with Gasteiger partial charge in [-0.1, -0.05) is 48.4 Å². The van der Waals surface area contributed by atoms with Gasteiger partial charge in [0.25, 0.3) is 0 Å². The first kappa shape index (κ1) is 24.2. The van der Waals surface area contributed by atoms with Gasteiger partial charge in [0.05, 0.1) is 30.7 Å². The van der Waals surface area contributed by atoms with Crippen molar-refractivity contribution in [2.24, 2.45) is 0 Å². The van der Waals surface area contributed by atoms with E-state index in [4.69, 9.17) is 21.3 Å². The van der Waals surface area contributed by atoms with Gasteiger partial charge in [-0.25, -0.2) is 4.98 Å². The lowest BCUT2D eigenvalue weighted by Crippen LogP contribution is -2.42. The monoisotopic (exact) mass is 482 g/mol. The van der Waals surface area contributed by atoms with Gasteiger partial charge in [-0.2, -0.15) is 0 Å². The molecule has 1 aromatic heterocycles. The summed E-state index contributed by atoms with van der Waals surface area (Å²) in [5.41, 5.74) is 2.75. The fourth-order valence-corrected chi connectivity index (χ4v) is 4.43. The molecule has 180 valence electrons. The molecule has 3 aromatic rings. The number of imidazole rings is 1. The summed E-state index contributed by atoms with van der Waals surface area (Å²) in [4.78, 5) is 31.7. The van der Waals surface area contributed by atoms with Crippen LogP contribution in [0.1, 0.15) is 30.7 Å². The molecule has 2 aromatic carbocycles. The van der Waals surface area contributed by atoms with E-state index in [9.17, 15) is 9.59 Å². The third-order valence-corrected chi connectivity index (χ3v) is 6.47. The molecule has 34 heavy (non-hydrogen) atoms. The molecule has 0 aliphatic carbocycles. The highest BCUT2D eigenvalue weighted by molar-refractivity contribution is 6.31. The van der Waals surface area contributed by atoms with Crippen molar-refractivity contribution in [2.45, 2.75) is 38.6 Å². The molecule has 2 heterocycles. The Hall–Kier alpha value is -2.90. The van der Waals surface area contributed by atoms with Crippen LogP contribution in [0.2, 0.25) is 5.02 Å². The Morgan fingerprint density at radius 3 is 2.59 bits per heavy atom. The number of nitrogens with zero attached hydrogens (tertiary/aromatic N) is 3. The summed E-state index contributed by atoms with van der Waals surface area (Å²) in [5.74, 6) is 1.02. The minimum absolute atomic E-state index is 0.0171. The number of benzene rings is 2. The predicted molar refractivity (Wildman–Crippen MR) is 133 cm³/mol. The smallest absolute Gasteiger partial charge is 0.242 e. The largest absolute Gasteiger partial charge is 0.378 e. The molecule has 0 spiro atoms. The van der Waals surface area contributed by atoms with Crippen LogP contribution in [-0.2, 0) is 33.7 Å². The van der Waals surface area contributed by atoms with Crippen LogP contribution in [0.25, 0.3) is 11.0 Å². The third kappa shape index (κ3) is 6.36. The maximum atomic E-state index is 12.9. The molecule has 1 fully saturated rings. The van der Waals surface area contributed by atoms with Gasteiger partial charge in [0.1, 0.15) is 12.4 Å². The van der Waals surface area contributed by atoms with Crippen molar-refractivity contribution in [3.63, 3.8) is 0 Å². The Balaban J connectivity index is 1.26. The number of fused-ring (bicyclic) bond motifs is 1. The van der Waals surface area contributed by atoms with Gasteiger partial charge in [-0.15, -0.1) is 0 Å². The number of para-hydroxylation sites is 2. The highest BCUT2D eigenvalue weighted by Gasteiger charge is 2.20. The van der Waals surface area contributed by atoms with Crippen molar-refractivity contribution in [1.29, 1.82) is 0 Å². The van der Waals surface area contributed by atoms with Crippen LogP contribution >= 0.6 is 11.6 Å². The lowest BCUT2D eigenvalue weighted by atomic mass is 10.1. The Bertz CT molecular complexity index is 1120. The van der Waals surface area contributed by atoms with Gasteiger partial charge in [-0.3, -0.25) is 9.59 Å². The summed E-state index contributed by atoms with van der Waals surface area (Å²) in [7, 11) is 0. The van der Waals surface area contributed by atoms with E-state index in [1.165, 1.54) is 0 Å². The average Bonchev–Trinajstić information content (AvgIpc) is 3.20. The Morgan fingerprint density at radius 2 is 1.76 bits per heavy atom. The molecule has 1 N–H and O–H groups in total. The van der Waals surface area contributed by atoms with E-state index < -0.39 is 0 Å². The number of carbonyl (C=O) groups excluding carboxylic acids is 2. The number of aryl methyl sites for hydroxylation is 1. The molecular formula is C26H31ClN4O3. The first-order chi connectivity index (χ1) is 16.6. The molecule has 4 rings (SSSR count). The first-order valence-electron chi connectivity index (χ1n) is 11.9. The number of rotatable bonds is 10. The van der Waals surface area contributed by atoms with Crippen LogP contribution in [-0.4, -0.2) is 59.1 Å². The van der Waals surface area contributed by atoms with Gasteiger partial charge in [-0.05, 0) is 36.6 Å². The lowest BCUT2D eigenvalue weighted by Gasteiger charge is -2.27. The van der Waals surface area contributed by atoms with E-state index >= 15 is 0 Å². The summed E-state index contributed by atoms with van der Waals surface area (Å²) in [6, 6.07) is 15.4. The standard InChI is InChI=1S/C26H31ClN4O3/c27-21-9-4-3-8-20(21)18-25(32)28-13-7-1-2-12-24-29-22-10-5-6-11-23(22)31(24)19-26(33)30-14-16-34-17-15-30/h3-6,8-11H,1-2,7,12-19H2,(H,28,32). The fraction of sp³-hybridized carbons (Fsp3) is 0.423. The number of hydrogen-bond acceptors (Lipinski definition) is 4. The minimum Gasteiger partial charge on any atom is -0.378 e. The second-order valence-corrected chi connectivity index (χ2v) is 8.93. The van der Waals surface area contributed by atoms with Gasteiger partial charge in [0.2, 0.25) is 11.8 Å². The highest BCUT2D eigenvalue weighted by atomic mass is 35.5. The second-order valence-electron chi connectivity index (χ2n) is 8.52. The number of nitrogens with one attached hydrogen (secondary N) is 1. The number of halogens is 1. The predicted octanol–water partition coefficient (Wildman–Crippen LogP) is 3.62. The van der Waals surface area contributed by atoms with E-state index in [-0.39, 0.29) is 11.8 Å². The van der Waals surface area contributed by atoms with E-state index in [0.717, 1.165) is 48.1 Å². The molecule has 1 aliphatic heterocycles. The molecule has 0 radical (unpaired) electrons. The summed E-state index contributed by atoms with van der Waals surface area (Å²) >= 11 is 6.13. The molecule has 0 saturated carbocycles. The van der Waals surface area contributed by atoms with E-state index in [1.54, 1.807) is 6.07 Å². The van der Waals surface area contributed by atoms with Crippen LogP contribution in [0.3, 0.4) is 0 Å². The summed E-state index contributed by atoms with van der Waals surface area (Å²) < 4.78 is 7.42. The lowest BCUT2D eigenvalue weighted by molar-refractivity contribution is -0.135. The van der Waals surface area contributed by atoms with Crippen molar-refractivity contribution in [3.05, 3.63) is 64.9 Å². The number of amides is 2. The van der Waals surface area contributed by atoms with Gasteiger partial charge >= 0.3 is 0 Å². The molecule has 7 nitrogen and oxygen atoms in total. The van der Waals surface area contributed by atoms with Crippen molar-refractivity contribution in [3.8, 4) is 0 Å². The van der Waals surface area contributed by atoms with Crippen LogP contribution in [0.4, 0.5) is 0 Å². The topological polar surface area (TPSA) is 76.5 Å². The first-order valence-corrected chi connectivity index (χ1v) is 12.3. The quantitative estimate of drug-likeness (QED) is 0.448. The Labute approximate surface area is 205 Å². The van der Waals surface area contributed by atoms with Gasteiger partial charge < -0.3 is 19.5 Å². The van der Waals surface area contributed by atoms with Crippen molar-refractivity contribution < 1.29 is 14.3 Å². The molecular weight excluding hydrogens is 452 g/mol. The van der Waals surface area contributed by atoms with E-state index in [2.05, 4.69) is 9.88 Å². The highest BCUT2D eigenvalue weighted by Crippen LogP contribution is 2.19. The number of aromatic nitrogens is 2. The molecule has 0 bridgehead atoms. The number of morpholine rings is 1. The maximum absolute atomic E-state index is 12.9. The summed E-state index contributed by atoms with van der Waals surface area (Å²) in [5, 5.41) is 3.59. The molecule has 1 saturated heterocycles. The van der Waals surface area contributed by atoms with E-state index in [1.807, 2.05) is 47.4 Å². The maximum Gasteiger partial charge on any atom is 0.242 e. The number of ether oxygens (including phenoxy) is 1. The van der Waals surface area contributed by atoms with Crippen LogP contribution in [0, 0.1) is 0 Å². The average molecular weight is 483 g/mol. The zero-order chi connectivity index (χ0) is 23.8. The number of hydrogen-bond donors (Lipinski definition) is 1. The van der Waals surface area contributed by atoms with Crippen LogP contribution in [0.15, 0.2) is 48.5 Å². The molecule has 8 heteroatoms. The summed E-state index contributed by atoms with van der Waals surface area (Å²) in [6.45, 7) is 3.41. The normalized spacial score (nSPS) is 13.9. The van der Waals surface area contributed by atoms with Crippen molar-refractivity contribution >= 4 is 34.4 Å². The third-order valence-electron chi connectivity index (χ3n) is 6.10. The number of carbonyl (C=O) groups is 2. The zero-order valence-electron chi connectivity index (χ0n) is 19.3. The van der Waals surface area contributed by atoms with Crippen molar-refractivity contribution in [1.82, 2.24) is 19.8 Å². The van der Waals surface area contributed by atoms with Crippen LogP contribution in [0.5, 0.6) is 0 Å².